The van der Waals surface area contributed by atoms with Crippen LogP contribution in [0.3, 0.4) is 0 Å². The summed E-state index contributed by atoms with van der Waals surface area (Å²) in [5.74, 6) is 0.943. The smallest absolute Gasteiger partial charge is 0.182 e. The fourth-order valence-corrected chi connectivity index (χ4v) is 4.22. The van der Waals surface area contributed by atoms with Gasteiger partial charge in [0.2, 0.25) is 0 Å². The first kappa shape index (κ1) is 13.8. The van der Waals surface area contributed by atoms with E-state index in [-0.39, 0.29) is 11.6 Å². The van der Waals surface area contributed by atoms with E-state index in [1.165, 1.54) is 50.7 Å². The SMILES string of the molecule is O=C1C=CC(=O)C(C2CCCCC2)=C1C1CCCCC1. The lowest BCUT2D eigenvalue weighted by Gasteiger charge is -2.31. The van der Waals surface area contributed by atoms with Gasteiger partial charge in [0.25, 0.3) is 0 Å². The molecular weight excluding hydrogens is 248 g/mol. The highest BCUT2D eigenvalue weighted by atomic mass is 16.1. The van der Waals surface area contributed by atoms with Gasteiger partial charge in [0.1, 0.15) is 0 Å². The average molecular weight is 272 g/mol. The van der Waals surface area contributed by atoms with Crippen molar-refractivity contribution in [3.63, 3.8) is 0 Å². The molecule has 0 aromatic carbocycles. The molecule has 3 aliphatic rings. The molecule has 0 heterocycles. The van der Waals surface area contributed by atoms with Crippen LogP contribution in [-0.4, -0.2) is 11.6 Å². The second-order valence-corrected chi connectivity index (χ2v) is 6.56. The van der Waals surface area contributed by atoms with E-state index in [1.54, 1.807) is 0 Å². The molecule has 20 heavy (non-hydrogen) atoms. The zero-order valence-corrected chi connectivity index (χ0v) is 12.2. The van der Waals surface area contributed by atoms with Gasteiger partial charge in [-0.1, -0.05) is 38.5 Å². The third kappa shape index (κ3) is 2.65. The minimum absolute atomic E-state index is 0.122. The van der Waals surface area contributed by atoms with Crippen molar-refractivity contribution < 1.29 is 9.59 Å². The zero-order valence-electron chi connectivity index (χ0n) is 12.2. The van der Waals surface area contributed by atoms with Crippen LogP contribution in [-0.2, 0) is 9.59 Å². The van der Waals surface area contributed by atoms with Crippen LogP contribution in [0.25, 0.3) is 0 Å². The molecule has 0 unspecified atom stereocenters. The Balaban J connectivity index is 1.95. The Kier molecular flexibility index (Phi) is 4.18. The van der Waals surface area contributed by atoms with E-state index in [1.807, 2.05) is 0 Å². The summed E-state index contributed by atoms with van der Waals surface area (Å²) in [6.07, 6.45) is 14.8. The summed E-state index contributed by atoms with van der Waals surface area (Å²) in [5.41, 5.74) is 1.81. The van der Waals surface area contributed by atoms with Gasteiger partial charge in [-0.3, -0.25) is 9.59 Å². The van der Waals surface area contributed by atoms with E-state index in [0.29, 0.717) is 11.8 Å². The fourth-order valence-electron chi connectivity index (χ4n) is 4.22. The summed E-state index contributed by atoms with van der Waals surface area (Å²) in [5, 5.41) is 0. The number of carbonyl (C=O) groups excluding carboxylic acids is 2. The average Bonchev–Trinajstić information content (AvgIpc) is 2.51. The molecule has 0 saturated heterocycles. The van der Waals surface area contributed by atoms with Gasteiger partial charge >= 0.3 is 0 Å². The maximum absolute atomic E-state index is 12.4. The first-order valence-corrected chi connectivity index (χ1v) is 8.28. The summed E-state index contributed by atoms with van der Waals surface area (Å²) < 4.78 is 0. The molecule has 0 N–H and O–H groups in total. The monoisotopic (exact) mass is 272 g/mol. The second-order valence-electron chi connectivity index (χ2n) is 6.56. The number of ketones is 2. The Labute approximate surface area is 121 Å². The van der Waals surface area contributed by atoms with Crippen LogP contribution < -0.4 is 0 Å². The van der Waals surface area contributed by atoms with Crippen LogP contribution in [0.4, 0.5) is 0 Å². The molecule has 2 nitrogen and oxygen atoms in total. The molecule has 0 amide bonds. The van der Waals surface area contributed by atoms with Crippen LogP contribution in [0, 0.1) is 11.8 Å². The van der Waals surface area contributed by atoms with Gasteiger partial charge in [0, 0.05) is 11.1 Å². The summed E-state index contributed by atoms with van der Waals surface area (Å²) in [7, 11) is 0. The van der Waals surface area contributed by atoms with Crippen LogP contribution in [0.1, 0.15) is 64.2 Å². The molecule has 2 saturated carbocycles. The number of hydrogen-bond acceptors (Lipinski definition) is 2. The summed E-state index contributed by atoms with van der Waals surface area (Å²) >= 11 is 0. The first-order chi connectivity index (χ1) is 9.77. The Hall–Kier alpha value is -1.18. The Morgan fingerprint density at radius 3 is 1.30 bits per heavy atom. The van der Waals surface area contributed by atoms with Gasteiger partial charge in [0.15, 0.2) is 11.6 Å². The fraction of sp³-hybridized carbons (Fsp3) is 0.667. The minimum Gasteiger partial charge on any atom is -0.290 e. The molecule has 0 spiro atoms. The maximum Gasteiger partial charge on any atom is 0.182 e. The van der Waals surface area contributed by atoms with Crippen molar-refractivity contribution in [3.8, 4) is 0 Å². The van der Waals surface area contributed by atoms with Crippen molar-refractivity contribution >= 4 is 11.6 Å². The van der Waals surface area contributed by atoms with E-state index in [0.717, 1.165) is 36.8 Å². The van der Waals surface area contributed by atoms with Gasteiger partial charge < -0.3 is 0 Å². The van der Waals surface area contributed by atoms with Crippen LogP contribution in [0.2, 0.25) is 0 Å². The van der Waals surface area contributed by atoms with Gasteiger partial charge in [-0.25, -0.2) is 0 Å². The quantitative estimate of drug-likeness (QED) is 0.708. The van der Waals surface area contributed by atoms with E-state index in [4.69, 9.17) is 0 Å². The minimum atomic E-state index is 0.122. The molecule has 0 radical (unpaired) electrons. The first-order valence-electron chi connectivity index (χ1n) is 8.28. The van der Waals surface area contributed by atoms with Crippen molar-refractivity contribution in [2.75, 3.05) is 0 Å². The van der Waals surface area contributed by atoms with Crippen molar-refractivity contribution in [2.24, 2.45) is 11.8 Å². The molecule has 0 aromatic heterocycles. The van der Waals surface area contributed by atoms with Crippen molar-refractivity contribution in [2.45, 2.75) is 64.2 Å². The normalized spacial score (nSPS) is 26.4. The third-order valence-electron chi connectivity index (χ3n) is 5.23. The summed E-state index contributed by atoms with van der Waals surface area (Å²) in [6, 6.07) is 0. The molecule has 0 aliphatic heterocycles. The molecule has 0 atom stereocenters. The lowest BCUT2D eigenvalue weighted by Crippen LogP contribution is -2.27. The zero-order chi connectivity index (χ0) is 13.9. The summed E-state index contributed by atoms with van der Waals surface area (Å²) in [4.78, 5) is 24.8. The Morgan fingerprint density at radius 2 is 0.950 bits per heavy atom. The van der Waals surface area contributed by atoms with Crippen LogP contribution >= 0.6 is 0 Å². The van der Waals surface area contributed by atoms with E-state index in [9.17, 15) is 9.59 Å². The van der Waals surface area contributed by atoms with Gasteiger partial charge in [-0.05, 0) is 49.7 Å². The summed E-state index contributed by atoms with van der Waals surface area (Å²) in [6.45, 7) is 0. The molecule has 2 fully saturated rings. The predicted molar refractivity (Wildman–Crippen MR) is 79.3 cm³/mol. The number of rotatable bonds is 2. The van der Waals surface area contributed by atoms with Gasteiger partial charge in [-0.2, -0.15) is 0 Å². The Morgan fingerprint density at radius 1 is 0.600 bits per heavy atom. The number of allylic oxidation sites excluding steroid dienone is 4. The maximum atomic E-state index is 12.4. The number of carbonyl (C=O) groups is 2. The van der Waals surface area contributed by atoms with Crippen LogP contribution in [0.5, 0.6) is 0 Å². The molecule has 108 valence electrons. The van der Waals surface area contributed by atoms with E-state index < -0.39 is 0 Å². The Bertz CT molecular complexity index is 416. The van der Waals surface area contributed by atoms with E-state index in [2.05, 4.69) is 0 Å². The van der Waals surface area contributed by atoms with Crippen LogP contribution in [0.15, 0.2) is 23.3 Å². The van der Waals surface area contributed by atoms with E-state index >= 15 is 0 Å². The third-order valence-corrected chi connectivity index (χ3v) is 5.23. The standard InChI is InChI=1S/C18H24O2/c19-15-11-12-16(20)18(14-9-5-2-6-10-14)17(15)13-7-3-1-4-8-13/h11-14H,1-10H2. The van der Waals surface area contributed by atoms with Gasteiger partial charge in [-0.15, -0.1) is 0 Å². The lowest BCUT2D eigenvalue weighted by atomic mass is 9.72. The predicted octanol–water partition coefficient (Wildman–Crippen LogP) is 4.15. The topological polar surface area (TPSA) is 34.1 Å². The largest absolute Gasteiger partial charge is 0.290 e. The second kappa shape index (κ2) is 6.07. The number of hydrogen-bond donors (Lipinski definition) is 0. The molecule has 3 aliphatic carbocycles. The van der Waals surface area contributed by atoms with Crippen molar-refractivity contribution in [1.29, 1.82) is 0 Å². The molecule has 2 heteroatoms. The highest BCUT2D eigenvalue weighted by molar-refractivity contribution is 6.20. The highest BCUT2D eigenvalue weighted by Gasteiger charge is 2.34. The highest BCUT2D eigenvalue weighted by Crippen LogP contribution is 2.39. The molecular formula is C18H24O2. The van der Waals surface area contributed by atoms with Gasteiger partial charge in [0.05, 0.1) is 0 Å². The molecule has 0 aromatic rings. The van der Waals surface area contributed by atoms with Crippen molar-refractivity contribution in [3.05, 3.63) is 23.3 Å². The molecule has 3 rings (SSSR count). The lowest BCUT2D eigenvalue weighted by molar-refractivity contribution is -0.116. The van der Waals surface area contributed by atoms with Crippen molar-refractivity contribution in [1.82, 2.24) is 0 Å². The molecule has 0 bridgehead atoms.